The minimum atomic E-state index is -0.728. The molecule has 0 aliphatic carbocycles. The van der Waals surface area contributed by atoms with Crippen LogP contribution in [0.15, 0.2) is 16.6 Å². The quantitative estimate of drug-likeness (QED) is 0.663. The summed E-state index contributed by atoms with van der Waals surface area (Å²) in [6.07, 6.45) is 0. The van der Waals surface area contributed by atoms with Crippen LogP contribution in [0, 0.1) is 15.9 Å². The molecule has 0 aromatic heterocycles. The molecular weight excluding hydrogens is 321 g/mol. The Hall–Kier alpha value is -1.70. The van der Waals surface area contributed by atoms with Gasteiger partial charge in [-0.2, -0.15) is 0 Å². The second-order valence-electron chi connectivity index (χ2n) is 3.80. The molecule has 0 fully saturated rings. The van der Waals surface area contributed by atoms with E-state index in [0.29, 0.717) is 6.54 Å². The normalized spacial score (nSPS) is 10.1. The van der Waals surface area contributed by atoms with Gasteiger partial charge in [0.1, 0.15) is 11.5 Å². The lowest BCUT2D eigenvalue weighted by molar-refractivity contribution is -0.384. The fraction of sp³-hybridized carbons (Fsp3) is 0.364. The van der Waals surface area contributed by atoms with Crippen LogP contribution in [0.3, 0.4) is 0 Å². The van der Waals surface area contributed by atoms with Gasteiger partial charge in [-0.05, 0) is 28.9 Å². The van der Waals surface area contributed by atoms with E-state index in [0.717, 1.165) is 6.07 Å². The number of anilines is 1. The van der Waals surface area contributed by atoms with Crippen LogP contribution in [0.5, 0.6) is 0 Å². The van der Waals surface area contributed by atoms with Crippen LogP contribution in [0.4, 0.5) is 15.8 Å². The summed E-state index contributed by atoms with van der Waals surface area (Å²) in [7, 11) is 1.62. The van der Waals surface area contributed by atoms with Gasteiger partial charge in [-0.3, -0.25) is 14.9 Å². The van der Waals surface area contributed by atoms with Crippen LogP contribution in [-0.2, 0) is 4.79 Å². The van der Waals surface area contributed by atoms with Gasteiger partial charge < -0.3 is 10.2 Å². The van der Waals surface area contributed by atoms with E-state index in [1.165, 1.54) is 11.0 Å². The minimum absolute atomic E-state index is 0.0936. The number of benzene rings is 1. The number of nitrogens with zero attached hydrogens (tertiary/aromatic N) is 2. The smallest absolute Gasteiger partial charge is 0.295 e. The van der Waals surface area contributed by atoms with Crippen molar-refractivity contribution in [1.82, 2.24) is 4.90 Å². The average Bonchev–Trinajstić information content (AvgIpc) is 2.37. The van der Waals surface area contributed by atoms with E-state index in [4.69, 9.17) is 0 Å². The molecule has 1 aromatic carbocycles. The second-order valence-corrected chi connectivity index (χ2v) is 4.66. The van der Waals surface area contributed by atoms with Crippen molar-refractivity contribution in [2.24, 2.45) is 0 Å². The predicted molar refractivity (Wildman–Crippen MR) is 72.6 cm³/mol. The zero-order valence-electron chi connectivity index (χ0n) is 10.4. The topological polar surface area (TPSA) is 75.5 Å². The van der Waals surface area contributed by atoms with Crippen LogP contribution < -0.4 is 5.32 Å². The Kier molecular flexibility index (Phi) is 5.22. The van der Waals surface area contributed by atoms with Crippen molar-refractivity contribution < 1.29 is 14.1 Å². The molecule has 104 valence electrons. The highest BCUT2D eigenvalue weighted by atomic mass is 79.9. The SMILES string of the molecule is CCN(C)C(=O)CNc1cc(Br)c(F)cc1[N+](=O)[O-]. The number of amides is 1. The third-order valence-electron chi connectivity index (χ3n) is 2.57. The fourth-order valence-corrected chi connectivity index (χ4v) is 1.65. The van der Waals surface area contributed by atoms with E-state index < -0.39 is 16.4 Å². The van der Waals surface area contributed by atoms with Crippen molar-refractivity contribution >= 4 is 33.2 Å². The maximum atomic E-state index is 13.2. The summed E-state index contributed by atoms with van der Waals surface area (Å²) in [6, 6.07) is 2.05. The zero-order valence-corrected chi connectivity index (χ0v) is 12.0. The van der Waals surface area contributed by atoms with Gasteiger partial charge in [0.2, 0.25) is 5.91 Å². The van der Waals surface area contributed by atoms with Gasteiger partial charge in [0, 0.05) is 13.6 Å². The zero-order chi connectivity index (χ0) is 14.6. The number of likely N-dealkylation sites (N-methyl/N-ethyl adjacent to an activating group) is 1. The Morgan fingerprint density at radius 1 is 1.58 bits per heavy atom. The number of hydrogen-bond donors (Lipinski definition) is 1. The minimum Gasteiger partial charge on any atom is -0.371 e. The van der Waals surface area contributed by atoms with Crippen LogP contribution in [0.1, 0.15) is 6.92 Å². The number of carbonyl (C=O) groups is 1. The Morgan fingerprint density at radius 3 is 2.74 bits per heavy atom. The van der Waals surface area contributed by atoms with E-state index in [2.05, 4.69) is 21.2 Å². The molecule has 0 heterocycles. The van der Waals surface area contributed by atoms with E-state index in [-0.39, 0.29) is 22.6 Å². The Balaban J connectivity index is 2.91. The summed E-state index contributed by atoms with van der Waals surface area (Å²) in [6.45, 7) is 2.26. The lowest BCUT2D eigenvalue weighted by Crippen LogP contribution is -2.32. The lowest BCUT2D eigenvalue weighted by atomic mass is 10.2. The van der Waals surface area contributed by atoms with Crippen molar-refractivity contribution in [3.05, 3.63) is 32.5 Å². The first-order valence-corrected chi connectivity index (χ1v) is 6.27. The summed E-state index contributed by atoms with van der Waals surface area (Å²) in [5.41, 5.74) is -0.316. The van der Waals surface area contributed by atoms with Crippen LogP contribution >= 0.6 is 15.9 Å². The molecule has 8 heteroatoms. The van der Waals surface area contributed by atoms with Gasteiger partial charge in [0.05, 0.1) is 22.0 Å². The van der Waals surface area contributed by atoms with E-state index in [9.17, 15) is 19.3 Å². The summed E-state index contributed by atoms with van der Waals surface area (Å²) >= 11 is 2.95. The molecule has 0 atom stereocenters. The monoisotopic (exact) mass is 333 g/mol. The van der Waals surface area contributed by atoms with Crippen molar-refractivity contribution in [2.75, 3.05) is 25.5 Å². The van der Waals surface area contributed by atoms with Crippen LogP contribution in [0.2, 0.25) is 0 Å². The highest BCUT2D eigenvalue weighted by Crippen LogP contribution is 2.30. The van der Waals surface area contributed by atoms with Gasteiger partial charge in [-0.25, -0.2) is 4.39 Å². The van der Waals surface area contributed by atoms with Gasteiger partial charge >= 0.3 is 0 Å². The number of carbonyl (C=O) groups excluding carboxylic acids is 1. The van der Waals surface area contributed by atoms with E-state index >= 15 is 0 Å². The summed E-state index contributed by atoms with van der Waals surface area (Å²) in [4.78, 5) is 23.2. The van der Waals surface area contributed by atoms with Crippen molar-refractivity contribution in [2.45, 2.75) is 6.92 Å². The largest absolute Gasteiger partial charge is 0.371 e. The summed E-state index contributed by atoms with van der Waals surface area (Å²) < 4.78 is 13.3. The number of halogens is 2. The number of nitrogens with one attached hydrogen (secondary N) is 1. The van der Waals surface area contributed by atoms with Crippen molar-refractivity contribution in [3.8, 4) is 0 Å². The highest BCUT2D eigenvalue weighted by Gasteiger charge is 2.18. The fourth-order valence-electron chi connectivity index (χ4n) is 1.31. The molecule has 0 aliphatic heterocycles. The van der Waals surface area contributed by atoms with E-state index in [1.807, 2.05) is 6.92 Å². The van der Waals surface area contributed by atoms with Gasteiger partial charge in [-0.1, -0.05) is 0 Å². The molecule has 0 bridgehead atoms. The molecule has 6 nitrogen and oxygen atoms in total. The number of nitro benzene ring substituents is 1. The maximum absolute atomic E-state index is 13.2. The molecule has 1 amide bonds. The number of rotatable bonds is 5. The molecule has 19 heavy (non-hydrogen) atoms. The summed E-state index contributed by atoms with van der Waals surface area (Å²) in [5.74, 6) is -0.938. The van der Waals surface area contributed by atoms with E-state index in [1.54, 1.807) is 7.05 Å². The molecule has 0 aliphatic rings. The Morgan fingerprint density at radius 2 is 2.21 bits per heavy atom. The molecule has 0 saturated carbocycles. The number of hydrogen-bond acceptors (Lipinski definition) is 4. The first-order chi connectivity index (χ1) is 8.86. The van der Waals surface area contributed by atoms with Gasteiger partial charge in [-0.15, -0.1) is 0 Å². The molecule has 1 rings (SSSR count). The first-order valence-electron chi connectivity index (χ1n) is 5.48. The predicted octanol–water partition coefficient (Wildman–Crippen LogP) is 2.39. The van der Waals surface area contributed by atoms with Crippen LogP contribution in [-0.4, -0.2) is 35.9 Å². The first kappa shape index (κ1) is 15.4. The average molecular weight is 334 g/mol. The molecular formula is C11H13BrFN3O3. The molecule has 0 unspecified atom stereocenters. The molecule has 1 N–H and O–H groups in total. The van der Waals surface area contributed by atoms with Gasteiger partial charge in [0.25, 0.3) is 5.69 Å². The van der Waals surface area contributed by atoms with Crippen LogP contribution in [0.25, 0.3) is 0 Å². The standard InChI is InChI=1S/C11H13BrFN3O3/c1-3-15(2)11(17)6-14-9-4-7(12)8(13)5-10(9)16(18)19/h4-5,14H,3,6H2,1-2H3. The van der Waals surface area contributed by atoms with Crippen molar-refractivity contribution in [3.63, 3.8) is 0 Å². The number of nitro groups is 1. The third kappa shape index (κ3) is 3.88. The second kappa shape index (κ2) is 6.46. The summed E-state index contributed by atoms with van der Waals surface area (Å²) in [5, 5.41) is 13.5. The highest BCUT2D eigenvalue weighted by molar-refractivity contribution is 9.10. The molecule has 0 radical (unpaired) electrons. The Bertz CT molecular complexity index is 510. The molecule has 1 aromatic rings. The third-order valence-corrected chi connectivity index (χ3v) is 3.17. The van der Waals surface area contributed by atoms with Crippen molar-refractivity contribution in [1.29, 1.82) is 0 Å². The van der Waals surface area contributed by atoms with Gasteiger partial charge in [0.15, 0.2) is 0 Å². The molecule has 0 saturated heterocycles. The maximum Gasteiger partial charge on any atom is 0.295 e. The molecule has 0 spiro atoms. The Labute approximate surface area is 117 Å². The lowest BCUT2D eigenvalue weighted by Gasteiger charge is -2.15.